The van der Waals surface area contributed by atoms with Gasteiger partial charge in [0.05, 0.1) is 5.69 Å². The molecule has 21 heavy (non-hydrogen) atoms. The molecule has 0 bridgehead atoms. The van der Waals surface area contributed by atoms with E-state index in [0.717, 1.165) is 37.8 Å². The van der Waals surface area contributed by atoms with Crippen LogP contribution in [0.15, 0.2) is 23.1 Å². The van der Waals surface area contributed by atoms with Crippen LogP contribution in [0.2, 0.25) is 0 Å². The van der Waals surface area contributed by atoms with Gasteiger partial charge < -0.3 is 5.32 Å². The van der Waals surface area contributed by atoms with Crippen LogP contribution in [-0.4, -0.2) is 20.5 Å². The van der Waals surface area contributed by atoms with Crippen molar-refractivity contribution in [1.82, 2.24) is 0 Å². The van der Waals surface area contributed by atoms with Gasteiger partial charge in [0.15, 0.2) is 0 Å². The number of nitrogens with one attached hydrogen (secondary N) is 1. The number of hydrogen-bond donors (Lipinski definition) is 1. The number of alkyl halides is 3. The molecule has 0 heterocycles. The molecule has 1 N–H and O–H groups in total. The molecule has 1 aliphatic rings. The summed E-state index contributed by atoms with van der Waals surface area (Å²) >= 11 is 0. The maximum Gasteiger partial charge on any atom is 0.501 e. The second kappa shape index (κ2) is 5.82. The zero-order valence-corrected chi connectivity index (χ0v) is 11.9. The molecule has 0 amide bonds. The summed E-state index contributed by atoms with van der Waals surface area (Å²) in [5, 5.41) is 2.71. The van der Waals surface area contributed by atoms with Crippen LogP contribution in [0.25, 0.3) is 0 Å². The summed E-state index contributed by atoms with van der Waals surface area (Å²) in [5.41, 5.74) is -5.66. The van der Waals surface area contributed by atoms with Crippen molar-refractivity contribution in [2.75, 3.05) is 11.9 Å². The van der Waals surface area contributed by atoms with Gasteiger partial charge in [-0.05, 0) is 37.0 Å². The zero-order valence-electron chi connectivity index (χ0n) is 11.1. The van der Waals surface area contributed by atoms with E-state index in [4.69, 9.17) is 0 Å². The highest BCUT2D eigenvalue weighted by atomic mass is 32.2. The van der Waals surface area contributed by atoms with Gasteiger partial charge in [0.25, 0.3) is 9.84 Å². The molecule has 1 saturated carbocycles. The van der Waals surface area contributed by atoms with Crippen molar-refractivity contribution in [3.8, 4) is 0 Å². The lowest BCUT2D eigenvalue weighted by atomic mass is 10.1. The first-order valence-electron chi connectivity index (χ1n) is 6.56. The van der Waals surface area contributed by atoms with Gasteiger partial charge in [-0.1, -0.05) is 12.8 Å². The molecule has 118 valence electrons. The molecule has 0 atom stereocenters. The van der Waals surface area contributed by atoms with Crippen LogP contribution in [0.4, 0.5) is 23.2 Å². The summed E-state index contributed by atoms with van der Waals surface area (Å²) < 4.78 is 74.0. The third-order valence-electron chi connectivity index (χ3n) is 3.59. The van der Waals surface area contributed by atoms with E-state index in [-0.39, 0.29) is 5.69 Å². The Balaban J connectivity index is 2.29. The molecule has 1 fully saturated rings. The third-order valence-corrected chi connectivity index (χ3v) is 5.12. The van der Waals surface area contributed by atoms with E-state index >= 15 is 0 Å². The van der Waals surface area contributed by atoms with Crippen LogP contribution in [0.3, 0.4) is 0 Å². The van der Waals surface area contributed by atoms with Gasteiger partial charge in [0.1, 0.15) is 10.7 Å². The van der Waals surface area contributed by atoms with Gasteiger partial charge in [0, 0.05) is 6.54 Å². The monoisotopic (exact) mass is 325 g/mol. The lowest BCUT2D eigenvalue weighted by Gasteiger charge is -2.16. The summed E-state index contributed by atoms with van der Waals surface area (Å²) in [6.45, 7) is 0.381. The highest BCUT2D eigenvalue weighted by molar-refractivity contribution is 7.92. The lowest BCUT2D eigenvalue weighted by molar-refractivity contribution is -0.0435. The molecule has 0 spiro atoms. The fourth-order valence-corrected chi connectivity index (χ4v) is 3.40. The molecule has 0 saturated heterocycles. The van der Waals surface area contributed by atoms with E-state index < -0.39 is 26.1 Å². The number of rotatable bonds is 4. The molecular formula is C13H15F4NO2S. The minimum atomic E-state index is -5.58. The molecule has 0 unspecified atom stereocenters. The molecule has 0 radical (unpaired) electrons. The summed E-state index contributed by atoms with van der Waals surface area (Å²) in [5.74, 6) is -0.722. The second-order valence-corrected chi connectivity index (χ2v) is 7.03. The maximum atomic E-state index is 13.1. The van der Waals surface area contributed by atoms with Crippen molar-refractivity contribution >= 4 is 15.5 Å². The first-order chi connectivity index (χ1) is 9.72. The van der Waals surface area contributed by atoms with Crippen molar-refractivity contribution < 1.29 is 26.0 Å². The maximum absolute atomic E-state index is 13.1. The average molecular weight is 325 g/mol. The predicted octanol–water partition coefficient (Wildman–Crippen LogP) is 3.72. The standard InChI is InChI=1S/C13H15F4NO2S/c14-10-5-6-11(18-8-9-3-1-2-4-9)12(7-10)21(19,20)13(15,16)17/h5-7,9,18H,1-4,8H2. The fraction of sp³-hybridized carbons (Fsp3) is 0.538. The third kappa shape index (κ3) is 3.48. The topological polar surface area (TPSA) is 46.2 Å². The molecule has 0 aliphatic heterocycles. The van der Waals surface area contributed by atoms with Crippen LogP contribution in [0, 0.1) is 11.7 Å². The smallest absolute Gasteiger partial charge is 0.384 e. The average Bonchev–Trinajstić information content (AvgIpc) is 2.89. The van der Waals surface area contributed by atoms with E-state index in [1.165, 1.54) is 0 Å². The summed E-state index contributed by atoms with van der Waals surface area (Å²) in [4.78, 5) is -1.06. The van der Waals surface area contributed by atoms with Gasteiger partial charge in [-0.25, -0.2) is 12.8 Å². The van der Waals surface area contributed by atoms with E-state index in [1.807, 2.05) is 0 Å². The van der Waals surface area contributed by atoms with E-state index in [0.29, 0.717) is 18.5 Å². The lowest BCUT2D eigenvalue weighted by Crippen LogP contribution is -2.25. The van der Waals surface area contributed by atoms with Gasteiger partial charge in [-0.15, -0.1) is 0 Å². The molecule has 1 aromatic carbocycles. The minimum Gasteiger partial charge on any atom is -0.384 e. The Hall–Kier alpha value is -1.31. The van der Waals surface area contributed by atoms with Gasteiger partial charge in [0.2, 0.25) is 0 Å². The van der Waals surface area contributed by atoms with Gasteiger partial charge in [-0.3, -0.25) is 0 Å². The van der Waals surface area contributed by atoms with Crippen LogP contribution in [0.5, 0.6) is 0 Å². The zero-order chi connectivity index (χ0) is 15.7. The normalized spacial score (nSPS) is 17.1. The second-order valence-electron chi connectivity index (χ2n) is 5.12. The van der Waals surface area contributed by atoms with Crippen LogP contribution >= 0.6 is 0 Å². The predicted molar refractivity (Wildman–Crippen MR) is 70.1 cm³/mol. The van der Waals surface area contributed by atoms with Gasteiger partial charge >= 0.3 is 5.51 Å². The Kier molecular flexibility index (Phi) is 4.46. The quantitative estimate of drug-likeness (QED) is 0.858. The Bertz CT molecular complexity index is 607. The van der Waals surface area contributed by atoms with Crippen LogP contribution in [0.1, 0.15) is 25.7 Å². The highest BCUT2D eigenvalue weighted by Gasteiger charge is 2.48. The number of sulfone groups is 1. The summed E-state index contributed by atoms with van der Waals surface area (Å²) in [7, 11) is -5.58. The Morgan fingerprint density at radius 2 is 1.81 bits per heavy atom. The van der Waals surface area contributed by atoms with Crippen molar-refractivity contribution in [1.29, 1.82) is 0 Å². The number of halogens is 4. The first kappa shape index (κ1) is 16.1. The van der Waals surface area contributed by atoms with Crippen molar-refractivity contribution in [3.63, 3.8) is 0 Å². The van der Waals surface area contributed by atoms with Crippen LogP contribution < -0.4 is 5.32 Å². The largest absolute Gasteiger partial charge is 0.501 e. The Labute approximate surface area is 120 Å². The van der Waals surface area contributed by atoms with Crippen LogP contribution in [-0.2, 0) is 9.84 Å². The Morgan fingerprint density at radius 1 is 1.19 bits per heavy atom. The molecule has 1 aliphatic carbocycles. The van der Waals surface area contributed by atoms with Gasteiger partial charge in [-0.2, -0.15) is 13.2 Å². The highest BCUT2D eigenvalue weighted by Crippen LogP contribution is 2.35. The summed E-state index contributed by atoms with van der Waals surface area (Å²) in [6, 6.07) is 2.37. The van der Waals surface area contributed by atoms with Crippen molar-refractivity contribution in [2.45, 2.75) is 36.1 Å². The minimum absolute atomic E-state index is 0.208. The van der Waals surface area contributed by atoms with E-state index in [9.17, 15) is 26.0 Å². The van der Waals surface area contributed by atoms with Crippen molar-refractivity contribution in [2.24, 2.45) is 5.92 Å². The Morgan fingerprint density at radius 3 is 2.38 bits per heavy atom. The SMILES string of the molecule is O=S(=O)(c1cc(F)ccc1NCC1CCCC1)C(F)(F)F. The number of hydrogen-bond acceptors (Lipinski definition) is 3. The first-order valence-corrected chi connectivity index (χ1v) is 8.05. The summed E-state index contributed by atoms with van der Waals surface area (Å²) in [6.07, 6.45) is 4.03. The molecule has 0 aromatic heterocycles. The molecule has 8 heteroatoms. The van der Waals surface area contributed by atoms with E-state index in [1.54, 1.807) is 0 Å². The molecule has 2 rings (SSSR count). The molecule has 3 nitrogen and oxygen atoms in total. The molecular weight excluding hydrogens is 310 g/mol. The fourth-order valence-electron chi connectivity index (χ4n) is 2.46. The van der Waals surface area contributed by atoms with E-state index in [2.05, 4.69) is 5.32 Å². The van der Waals surface area contributed by atoms with Crippen molar-refractivity contribution in [3.05, 3.63) is 24.0 Å². The molecule has 1 aromatic rings. The number of benzene rings is 1. The number of anilines is 1.